The Labute approximate surface area is 163 Å². The monoisotopic (exact) mass is 371 g/mol. The fourth-order valence-corrected chi connectivity index (χ4v) is 2.84. The minimum atomic E-state index is 0.596. The number of unbranched alkanes of at least 4 members (excludes halogenated alkanes) is 1. The normalized spacial score (nSPS) is 11.5. The zero-order valence-electron chi connectivity index (χ0n) is 17.1. The van der Waals surface area contributed by atoms with E-state index in [2.05, 4.69) is 52.2 Å². The Bertz CT molecular complexity index is 723. The first kappa shape index (κ1) is 20.8. The molecule has 6 nitrogen and oxygen atoms in total. The lowest BCUT2D eigenvalue weighted by Gasteiger charge is -2.13. The number of hydrogen-bond acceptors (Lipinski definition) is 3. The zero-order valence-corrected chi connectivity index (χ0v) is 17.1. The van der Waals surface area contributed by atoms with Crippen molar-refractivity contribution in [3.05, 3.63) is 47.5 Å². The van der Waals surface area contributed by atoms with E-state index in [9.17, 15) is 0 Å². The molecule has 6 heteroatoms. The maximum Gasteiger partial charge on any atom is 0.191 e. The lowest BCUT2D eigenvalue weighted by molar-refractivity contribution is 0.336. The molecule has 0 amide bonds. The highest BCUT2D eigenvalue weighted by Crippen LogP contribution is 2.21. The van der Waals surface area contributed by atoms with Crippen molar-refractivity contribution in [2.75, 3.05) is 19.7 Å². The number of guanidine groups is 1. The average Bonchev–Trinajstić information content (AvgIpc) is 3.05. The van der Waals surface area contributed by atoms with Crippen LogP contribution in [0.15, 0.2) is 35.6 Å². The number of nitrogens with zero attached hydrogens (tertiary/aromatic N) is 3. The summed E-state index contributed by atoms with van der Waals surface area (Å²) in [5, 5.41) is 6.73. The van der Waals surface area contributed by atoms with Gasteiger partial charge in [-0.15, -0.1) is 0 Å². The van der Waals surface area contributed by atoms with Gasteiger partial charge in [0.15, 0.2) is 5.96 Å². The summed E-state index contributed by atoms with van der Waals surface area (Å²) in [5.41, 5.74) is 2.31. The maximum atomic E-state index is 5.75. The van der Waals surface area contributed by atoms with Crippen LogP contribution in [-0.4, -0.2) is 35.2 Å². The SMILES string of the molecule is CCNC(=NCc1ccc(C)cc1OCC)NCCCCn1ccnc1C. The number of aromatic nitrogens is 2. The summed E-state index contributed by atoms with van der Waals surface area (Å²) in [5.74, 6) is 2.84. The molecule has 2 N–H and O–H groups in total. The standard InChI is InChI=1S/C21H33N5O/c1-5-22-21(24-11-7-8-13-26-14-12-23-18(26)4)25-16-19-10-9-17(3)15-20(19)27-6-2/h9-10,12,14-15H,5-8,11,13,16H2,1-4H3,(H2,22,24,25). The van der Waals surface area contributed by atoms with Crippen molar-refractivity contribution >= 4 is 5.96 Å². The van der Waals surface area contributed by atoms with E-state index < -0.39 is 0 Å². The van der Waals surface area contributed by atoms with Gasteiger partial charge in [-0.05, 0) is 52.2 Å². The highest BCUT2D eigenvalue weighted by molar-refractivity contribution is 5.79. The lowest BCUT2D eigenvalue weighted by Crippen LogP contribution is -2.37. The number of rotatable bonds is 10. The molecule has 27 heavy (non-hydrogen) atoms. The third-order valence-electron chi connectivity index (χ3n) is 4.32. The Morgan fingerprint density at radius 3 is 2.74 bits per heavy atom. The molecule has 0 aliphatic heterocycles. The maximum absolute atomic E-state index is 5.75. The van der Waals surface area contributed by atoms with Crippen molar-refractivity contribution in [1.29, 1.82) is 0 Å². The van der Waals surface area contributed by atoms with Gasteiger partial charge in [0.25, 0.3) is 0 Å². The van der Waals surface area contributed by atoms with Gasteiger partial charge in [-0.25, -0.2) is 9.98 Å². The fraction of sp³-hybridized carbons (Fsp3) is 0.524. The number of benzene rings is 1. The van der Waals surface area contributed by atoms with Gasteiger partial charge in [-0.2, -0.15) is 0 Å². The highest BCUT2D eigenvalue weighted by atomic mass is 16.5. The molecule has 2 rings (SSSR count). The molecule has 0 spiro atoms. The van der Waals surface area contributed by atoms with Crippen molar-refractivity contribution in [2.24, 2.45) is 4.99 Å². The number of ether oxygens (including phenoxy) is 1. The van der Waals surface area contributed by atoms with Crippen LogP contribution in [0.3, 0.4) is 0 Å². The number of hydrogen-bond donors (Lipinski definition) is 2. The molecule has 0 saturated heterocycles. The molecule has 0 atom stereocenters. The first-order valence-electron chi connectivity index (χ1n) is 9.86. The summed E-state index contributed by atoms with van der Waals surface area (Å²) >= 11 is 0. The molecule has 1 heterocycles. The van der Waals surface area contributed by atoms with E-state index >= 15 is 0 Å². The zero-order chi connectivity index (χ0) is 19.5. The van der Waals surface area contributed by atoms with Crippen LogP contribution in [0.1, 0.15) is 43.6 Å². The minimum Gasteiger partial charge on any atom is -0.494 e. The Morgan fingerprint density at radius 2 is 2.04 bits per heavy atom. The van der Waals surface area contributed by atoms with Gasteiger partial charge in [0.2, 0.25) is 0 Å². The third-order valence-corrected chi connectivity index (χ3v) is 4.32. The number of aryl methyl sites for hydroxylation is 3. The quantitative estimate of drug-likeness (QED) is 0.381. The molecule has 0 fully saturated rings. The summed E-state index contributed by atoms with van der Waals surface area (Å²) < 4.78 is 7.94. The molecule has 0 radical (unpaired) electrons. The van der Waals surface area contributed by atoms with Crippen LogP contribution >= 0.6 is 0 Å². The minimum absolute atomic E-state index is 0.596. The second-order valence-electron chi connectivity index (χ2n) is 6.54. The predicted octanol–water partition coefficient (Wildman–Crippen LogP) is 3.43. The highest BCUT2D eigenvalue weighted by Gasteiger charge is 2.04. The van der Waals surface area contributed by atoms with E-state index in [1.165, 1.54) is 5.56 Å². The molecule has 0 saturated carbocycles. The first-order valence-corrected chi connectivity index (χ1v) is 9.86. The van der Waals surface area contributed by atoms with Crippen molar-refractivity contribution in [3.8, 4) is 5.75 Å². The molecule has 0 unspecified atom stereocenters. The molecular weight excluding hydrogens is 338 g/mol. The van der Waals surface area contributed by atoms with Crippen LogP contribution < -0.4 is 15.4 Å². The van der Waals surface area contributed by atoms with Crippen molar-refractivity contribution < 1.29 is 4.74 Å². The smallest absolute Gasteiger partial charge is 0.191 e. The summed E-state index contributed by atoms with van der Waals surface area (Å²) in [6.45, 7) is 12.2. The molecule has 1 aromatic carbocycles. The van der Waals surface area contributed by atoms with E-state index in [0.717, 1.165) is 55.6 Å². The lowest BCUT2D eigenvalue weighted by atomic mass is 10.1. The van der Waals surface area contributed by atoms with Crippen LogP contribution in [0.25, 0.3) is 0 Å². The van der Waals surface area contributed by atoms with Gasteiger partial charge in [-0.3, -0.25) is 0 Å². The van der Waals surface area contributed by atoms with E-state index in [0.29, 0.717) is 13.2 Å². The van der Waals surface area contributed by atoms with Gasteiger partial charge >= 0.3 is 0 Å². The van der Waals surface area contributed by atoms with Gasteiger partial charge in [0, 0.05) is 37.6 Å². The van der Waals surface area contributed by atoms with E-state index in [1.807, 2.05) is 26.2 Å². The van der Waals surface area contributed by atoms with Crippen molar-refractivity contribution in [3.63, 3.8) is 0 Å². The van der Waals surface area contributed by atoms with Gasteiger partial charge in [0.1, 0.15) is 11.6 Å². The summed E-state index contributed by atoms with van der Waals surface area (Å²) in [7, 11) is 0. The second kappa shape index (κ2) is 11.3. The topological polar surface area (TPSA) is 63.5 Å². The van der Waals surface area contributed by atoms with Crippen LogP contribution in [-0.2, 0) is 13.1 Å². The summed E-state index contributed by atoms with van der Waals surface area (Å²) in [6.07, 6.45) is 6.07. The molecule has 0 bridgehead atoms. The Kier molecular flexibility index (Phi) is 8.68. The van der Waals surface area contributed by atoms with Crippen LogP contribution in [0.2, 0.25) is 0 Å². The van der Waals surface area contributed by atoms with Crippen molar-refractivity contribution in [1.82, 2.24) is 20.2 Å². The van der Waals surface area contributed by atoms with Gasteiger partial charge in [-0.1, -0.05) is 12.1 Å². The predicted molar refractivity (Wildman–Crippen MR) is 111 cm³/mol. The molecule has 0 aliphatic rings. The Hall–Kier alpha value is -2.50. The van der Waals surface area contributed by atoms with E-state index in [1.54, 1.807) is 0 Å². The van der Waals surface area contributed by atoms with E-state index in [4.69, 9.17) is 9.73 Å². The first-order chi connectivity index (χ1) is 13.1. The van der Waals surface area contributed by atoms with Gasteiger partial charge in [0.05, 0.1) is 13.2 Å². The molecule has 1 aromatic heterocycles. The number of imidazole rings is 1. The third kappa shape index (κ3) is 6.96. The van der Waals surface area contributed by atoms with Crippen LogP contribution in [0.4, 0.5) is 0 Å². The molecule has 148 valence electrons. The van der Waals surface area contributed by atoms with E-state index in [-0.39, 0.29) is 0 Å². The van der Waals surface area contributed by atoms with Gasteiger partial charge < -0.3 is 19.9 Å². The largest absolute Gasteiger partial charge is 0.494 e. The fourth-order valence-electron chi connectivity index (χ4n) is 2.84. The Balaban J connectivity index is 1.84. The van der Waals surface area contributed by atoms with Crippen molar-refractivity contribution in [2.45, 2.75) is 53.6 Å². The average molecular weight is 372 g/mol. The molecule has 2 aromatic rings. The van der Waals surface area contributed by atoms with Crippen LogP contribution in [0.5, 0.6) is 5.75 Å². The Morgan fingerprint density at radius 1 is 1.19 bits per heavy atom. The molecular formula is C21H33N5O. The molecule has 0 aliphatic carbocycles. The summed E-state index contributed by atoms with van der Waals surface area (Å²) in [4.78, 5) is 8.97. The number of aliphatic imine (C=N–C) groups is 1. The second-order valence-corrected chi connectivity index (χ2v) is 6.54. The van der Waals surface area contributed by atoms with Crippen LogP contribution in [0, 0.1) is 13.8 Å². The number of nitrogens with one attached hydrogen (secondary N) is 2. The summed E-state index contributed by atoms with van der Waals surface area (Å²) in [6, 6.07) is 6.28.